The fourth-order valence-corrected chi connectivity index (χ4v) is 1.59. The molecule has 0 aliphatic carbocycles. The molecule has 5 heteroatoms. The van der Waals surface area contributed by atoms with Gasteiger partial charge in [-0.05, 0) is 30.7 Å². The monoisotopic (exact) mass is 319 g/mol. The third-order valence-electron chi connectivity index (χ3n) is 2.08. The molecule has 0 spiro atoms. The summed E-state index contributed by atoms with van der Waals surface area (Å²) in [4.78, 5) is 11.6. The lowest BCUT2D eigenvalue weighted by atomic mass is 10.2. The van der Waals surface area contributed by atoms with E-state index in [-0.39, 0.29) is 5.91 Å². The van der Waals surface area contributed by atoms with Crippen LogP contribution >= 0.6 is 27.5 Å². The van der Waals surface area contributed by atoms with Gasteiger partial charge in [0.1, 0.15) is 0 Å². The van der Waals surface area contributed by atoms with E-state index in [0.29, 0.717) is 30.3 Å². The average Bonchev–Trinajstić information content (AvgIpc) is 2.34. The quantitative estimate of drug-likeness (QED) is 0.620. The van der Waals surface area contributed by atoms with Crippen LogP contribution in [-0.2, 0) is 4.74 Å². The van der Waals surface area contributed by atoms with Crippen LogP contribution in [0.5, 0.6) is 0 Å². The Hall–Kier alpha value is -0.580. The molecule has 0 radical (unpaired) electrons. The minimum atomic E-state index is -0.0813. The Morgan fingerprint density at radius 2 is 2.00 bits per heavy atom. The van der Waals surface area contributed by atoms with Gasteiger partial charge >= 0.3 is 0 Å². The van der Waals surface area contributed by atoms with Crippen molar-refractivity contribution in [2.75, 3.05) is 25.1 Å². The summed E-state index contributed by atoms with van der Waals surface area (Å²) < 4.78 is 5.27. The van der Waals surface area contributed by atoms with E-state index >= 15 is 0 Å². The predicted molar refractivity (Wildman–Crippen MR) is 73.0 cm³/mol. The zero-order valence-corrected chi connectivity index (χ0v) is 11.8. The van der Waals surface area contributed by atoms with Crippen molar-refractivity contribution in [2.45, 2.75) is 6.42 Å². The van der Waals surface area contributed by atoms with Crippen LogP contribution in [0.3, 0.4) is 0 Å². The number of hydrogen-bond donors (Lipinski definition) is 1. The summed E-state index contributed by atoms with van der Waals surface area (Å²) >= 11 is 9.01. The van der Waals surface area contributed by atoms with Crippen LogP contribution in [0.25, 0.3) is 0 Å². The number of hydrogen-bond acceptors (Lipinski definition) is 2. The largest absolute Gasteiger partial charge is 0.381 e. The highest BCUT2D eigenvalue weighted by Crippen LogP contribution is 2.09. The number of amides is 1. The van der Waals surface area contributed by atoms with Gasteiger partial charge in [-0.25, -0.2) is 0 Å². The van der Waals surface area contributed by atoms with Gasteiger partial charge in [0.25, 0.3) is 5.91 Å². The van der Waals surface area contributed by atoms with E-state index in [4.69, 9.17) is 16.3 Å². The Balaban J connectivity index is 2.19. The molecule has 1 N–H and O–H groups in total. The molecule has 0 heterocycles. The summed E-state index contributed by atoms with van der Waals surface area (Å²) in [6.45, 7) is 1.97. The van der Waals surface area contributed by atoms with Crippen LogP contribution in [0.2, 0.25) is 5.02 Å². The van der Waals surface area contributed by atoms with Crippen LogP contribution in [0.4, 0.5) is 0 Å². The van der Waals surface area contributed by atoms with Crippen molar-refractivity contribution in [3.05, 3.63) is 34.9 Å². The fraction of sp³-hybridized carbons (Fsp3) is 0.417. The molecule has 0 saturated heterocycles. The van der Waals surface area contributed by atoms with E-state index in [2.05, 4.69) is 21.2 Å². The lowest BCUT2D eigenvalue weighted by Crippen LogP contribution is -2.25. The molecule has 0 bridgehead atoms. The summed E-state index contributed by atoms with van der Waals surface area (Å²) in [7, 11) is 0. The van der Waals surface area contributed by atoms with E-state index in [1.165, 1.54) is 0 Å². The van der Waals surface area contributed by atoms with Gasteiger partial charge in [0, 0.05) is 29.1 Å². The third kappa shape index (κ3) is 6.05. The van der Waals surface area contributed by atoms with Gasteiger partial charge in [0.15, 0.2) is 0 Å². The SMILES string of the molecule is O=C(NCCCOCCBr)c1ccc(Cl)cc1. The lowest BCUT2D eigenvalue weighted by molar-refractivity contribution is 0.0944. The molecule has 94 valence electrons. The van der Waals surface area contributed by atoms with E-state index in [0.717, 1.165) is 11.8 Å². The first-order valence-corrected chi connectivity index (χ1v) is 6.91. The Morgan fingerprint density at radius 3 is 2.65 bits per heavy atom. The van der Waals surface area contributed by atoms with Crippen molar-refractivity contribution >= 4 is 33.4 Å². The second-order valence-corrected chi connectivity index (χ2v) is 4.65. The van der Waals surface area contributed by atoms with Gasteiger partial charge in [-0.3, -0.25) is 4.79 Å². The maximum absolute atomic E-state index is 11.6. The second kappa shape index (κ2) is 8.50. The second-order valence-electron chi connectivity index (χ2n) is 3.42. The topological polar surface area (TPSA) is 38.3 Å². The van der Waals surface area contributed by atoms with Gasteiger partial charge in [-0.1, -0.05) is 27.5 Å². The summed E-state index contributed by atoms with van der Waals surface area (Å²) in [5.41, 5.74) is 0.621. The standard InChI is InChI=1S/C12H15BrClNO2/c13-6-9-17-8-1-7-15-12(16)10-2-4-11(14)5-3-10/h2-5H,1,6-9H2,(H,15,16). The van der Waals surface area contributed by atoms with Crippen molar-refractivity contribution < 1.29 is 9.53 Å². The maximum Gasteiger partial charge on any atom is 0.251 e. The molecule has 0 aromatic heterocycles. The first-order chi connectivity index (χ1) is 8.24. The molecular formula is C12H15BrClNO2. The molecule has 1 aromatic carbocycles. The van der Waals surface area contributed by atoms with E-state index in [1.54, 1.807) is 24.3 Å². The molecule has 0 saturated carbocycles. The Kier molecular flexibility index (Phi) is 7.24. The Morgan fingerprint density at radius 1 is 1.29 bits per heavy atom. The molecule has 0 atom stereocenters. The zero-order chi connectivity index (χ0) is 12.5. The maximum atomic E-state index is 11.6. The van der Waals surface area contributed by atoms with Gasteiger partial charge in [0.2, 0.25) is 0 Å². The summed E-state index contributed by atoms with van der Waals surface area (Å²) in [6.07, 6.45) is 0.812. The first-order valence-electron chi connectivity index (χ1n) is 5.41. The number of carbonyl (C=O) groups is 1. The molecule has 3 nitrogen and oxygen atoms in total. The molecule has 0 fully saturated rings. The highest BCUT2D eigenvalue weighted by molar-refractivity contribution is 9.09. The molecule has 1 rings (SSSR count). The summed E-state index contributed by atoms with van der Waals surface area (Å²) in [6, 6.07) is 6.82. The number of halogens is 2. The summed E-state index contributed by atoms with van der Waals surface area (Å²) in [5, 5.41) is 4.29. The first kappa shape index (κ1) is 14.5. The minimum absolute atomic E-state index is 0.0813. The number of benzene rings is 1. The van der Waals surface area contributed by atoms with Crippen LogP contribution < -0.4 is 5.32 Å². The van der Waals surface area contributed by atoms with Crippen molar-refractivity contribution in [3.8, 4) is 0 Å². The summed E-state index contributed by atoms with van der Waals surface area (Å²) in [5.74, 6) is -0.0813. The van der Waals surface area contributed by atoms with Crippen LogP contribution in [-0.4, -0.2) is 31.0 Å². The highest BCUT2D eigenvalue weighted by Gasteiger charge is 2.03. The zero-order valence-electron chi connectivity index (χ0n) is 9.42. The highest BCUT2D eigenvalue weighted by atomic mass is 79.9. The lowest BCUT2D eigenvalue weighted by Gasteiger charge is -2.05. The molecule has 0 unspecified atom stereocenters. The Labute approximate surface area is 115 Å². The number of rotatable bonds is 7. The van der Waals surface area contributed by atoms with E-state index in [9.17, 15) is 4.79 Å². The molecule has 0 aliphatic rings. The smallest absolute Gasteiger partial charge is 0.251 e. The van der Waals surface area contributed by atoms with Crippen molar-refractivity contribution in [2.24, 2.45) is 0 Å². The van der Waals surface area contributed by atoms with E-state index in [1.807, 2.05) is 0 Å². The van der Waals surface area contributed by atoms with Gasteiger partial charge < -0.3 is 10.1 Å². The predicted octanol–water partition coefficient (Wildman–Crippen LogP) is 2.87. The van der Waals surface area contributed by atoms with Gasteiger partial charge in [0.05, 0.1) is 6.61 Å². The van der Waals surface area contributed by atoms with Crippen LogP contribution in [0.15, 0.2) is 24.3 Å². The molecule has 0 aliphatic heterocycles. The number of ether oxygens (including phenoxy) is 1. The molecule has 1 aromatic rings. The van der Waals surface area contributed by atoms with Crippen molar-refractivity contribution in [3.63, 3.8) is 0 Å². The van der Waals surface area contributed by atoms with Crippen molar-refractivity contribution in [1.29, 1.82) is 0 Å². The van der Waals surface area contributed by atoms with Crippen molar-refractivity contribution in [1.82, 2.24) is 5.32 Å². The van der Waals surface area contributed by atoms with Crippen LogP contribution in [0.1, 0.15) is 16.8 Å². The van der Waals surface area contributed by atoms with Crippen LogP contribution in [0, 0.1) is 0 Å². The molecular weight excluding hydrogens is 305 g/mol. The number of alkyl halides is 1. The van der Waals surface area contributed by atoms with Gasteiger partial charge in [-0.2, -0.15) is 0 Å². The van der Waals surface area contributed by atoms with Gasteiger partial charge in [-0.15, -0.1) is 0 Å². The molecule has 1 amide bonds. The Bertz CT molecular complexity index is 343. The minimum Gasteiger partial charge on any atom is -0.381 e. The third-order valence-corrected chi connectivity index (χ3v) is 2.65. The average molecular weight is 321 g/mol. The molecule has 17 heavy (non-hydrogen) atoms. The fourth-order valence-electron chi connectivity index (χ4n) is 1.24. The van der Waals surface area contributed by atoms with E-state index < -0.39 is 0 Å². The normalized spacial score (nSPS) is 10.2. The number of carbonyl (C=O) groups excluding carboxylic acids is 1. The number of nitrogens with one attached hydrogen (secondary N) is 1.